The molecule has 0 amide bonds. The van der Waals surface area contributed by atoms with Gasteiger partial charge < -0.3 is 4.90 Å². The zero-order chi connectivity index (χ0) is 12.8. The molecule has 0 saturated carbocycles. The van der Waals surface area contributed by atoms with E-state index in [0.29, 0.717) is 6.04 Å². The number of nitriles is 1. The molecule has 0 bridgehead atoms. The Balaban J connectivity index is 2.31. The van der Waals surface area contributed by atoms with Gasteiger partial charge in [-0.3, -0.25) is 5.32 Å². The van der Waals surface area contributed by atoms with E-state index in [0.717, 1.165) is 24.8 Å². The molecule has 17 heavy (non-hydrogen) atoms. The lowest BCUT2D eigenvalue weighted by atomic mass is 9.92. The lowest BCUT2D eigenvalue weighted by Crippen LogP contribution is -2.42. The Labute approximate surface area is 106 Å². The Bertz CT molecular complexity index is 247. The third-order valence-electron chi connectivity index (χ3n) is 3.37. The van der Waals surface area contributed by atoms with Gasteiger partial charge >= 0.3 is 0 Å². The Morgan fingerprint density at radius 3 is 2.35 bits per heavy atom. The highest BCUT2D eigenvalue weighted by molar-refractivity contribution is 4.91. The van der Waals surface area contributed by atoms with Gasteiger partial charge in [-0.1, -0.05) is 13.8 Å². The molecule has 0 aromatic heterocycles. The molecule has 0 spiro atoms. The predicted octanol–water partition coefficient (Wildman–Crippen LogP) is 2.24. The number of nitrogens with one attached hydrogen (secondary N) is 1. The van der Waals surface area contributed by atoms with Crippen LogP contribution in [0.25, 0.3) is 0 Å². The molecule has 0 aliphatic carbocycles. The minimum atomic E-state index is 0.00235. The maximum absolute atomic E-state index is 9.08. The minimum Gasteiger partial charge on any atom is -0.303 e. The van der Waals surface area contributed by atoms with Crippen LogP contribution in [-0.4, -0.2) is 36.6 Å². The van der Waals surface area contributed by atoms with Crippen molar-refractivity contribution in [1.29, 1.82) is 5.26 Å². The summed E-state index contributed by atoms with van der Waals surface area (Å²) in [4.78, 5) is 2.52. The molecule has 1 saturated heterocycles. The Kier molecular flexibility index (Phi) is 5.94. The number of rotatable bonds is 5. The van der Waals surface area contributed by atoms with Gasteiger partial charge in [0.1, 0.15) is 0 Å². The van der Waals surface area contributed by atoms with Crippen molar-refractivity contribution in [2.45, 2.75) is 52.6 Å². The molecule has 1 aliphatic rings. The molecule has 98 valence electrons. The van der Waals surface area contributed by atoms with Crippen molar-refractivity contribution in [3.8, 4) is 6.07 Å². The average molecular weight is 237 g/mol. The van der Waals surface area contributed by atoms with Gasteiger partial charge in [0.05, 0.1) is 12.1 Å². The molecule has 1 aliphatic heterocycles. The minimum absolute atomic E-state index is 0.00235. The highest BCUT2D eigenvalue weighted by atomic mass is 15.1. The number of piperidine rings is 1. The predicted molar refractivity (Wildman–Crippen MR) is 71.7 cm³/mol. The van der Waals surface area contributed by atoms with E-state index in [2.05, 4.69) is 44.0 Å². The van der Waals surface area contributed by atoms with Crippen LogP contribution in [0.15, 0.2) is 0 Å². The van der Waals surface area contributed by atoms with Gasteiger partial charge in [0, 0.05) is 25.7 Å². The SMILES string of the molecule is CC1CC(C)CN(CCC(C#N)NC(C)C)C1. The van der Waals surface area contributed by atoms with Crippen molar-refractivity contribution < 1.29 is 0 Å². The van der Waals surface area contributed by atoms with Gasteiger partial charge in [-0.2, -0.15) is 5.26 Å². The zero-order valence-corrected chi connectivity index (χ0v) is 11.7. The zero-order valence-electron chi connectivity index (χ0n) is 11.7. The lowest BCUT2D eigenvalue weighted by molar-refractivity contribution is 0.137. The Morgan fingerprint density at radius 2 is 1.88 bits per heavy atom. The molecule has 0 aromatic rings. The lowest BCUT2D eigenvalue weighted by Gasteiger charge is -2.35. The van der Waals surface area contributed by atoms with Gasteiger partial charge in [-0.25, -0.2) is 0 Å². The van der Waals surface area contributed by atoms with Gasteiger partial charge in [0.15, 0.2) is 0 Å². The molecule has 0 aromatic carbocycles. The Morgan fingerprint density at radius 1 is 1.29 bits per heavy atom. The molecule has 3 nitrogen and oxygen atoms in total. The molecule has 3 heteroatoms. The van der Waals surface area contributed by atoms with Gasteiger partial charge in [0.25, 0.3) is 0 Å². The fourth-order valence-electron chi connectivity index (χ4n) is 2.87. The summed E-state index contributed by atoms with van der Waals surface area (Å²) in [6, 6.07) is 2.75. The highest BCUT2D eigenvalue weighted by Gasteiger charge is 2.22. The molecular weight excluding hydrogens is 210 g/mol. The number of hydrogen-bond acceptors (Lipinski definition) is 3. The van der Waals surface area contributed by atoms with Crippen LogP contribution in [0.3, 0.4) is 0 Å². The fraction of sp³-hybridized carbons (Fsp3) is 0.929. The van der Waals surface area contributed by atoms with E-state index in [9.17, 15) is 0 Å². The van der Waals surface area contributed by atoms with Crippen LogP contribution in [0.5, 0.6) is 0 Å². The number of hydrogen-bond donors (Lipinski definition) is 1. The highest BCUT2D eigenvalue weighted by Crippen LogP contribution is 2.20. The van der Waals surface area contributed by atoms with Gasteiger partial charge in [-0.05, 0) is 38.5 Å². The van der Waals surface area contributed by atoms with E-state index in [4.69, 9.17) is 5.26 Å². The first-order valence-electron chi connectivity index (χ1n) is 6.89. The summed E-state index contributed by atoms with van der Waals surface area (Å²) in [5, 5.41) is 12.4. The van der Waals surface area contributed by atoms with Crippen molar-refractivity contribution in [3.05, 3.63) is 0 Å². The molecule has 3 atom stereocenters. The van der Waals surface area contributed by atoms with Gasteiger partial charge in [0.2, 0.25) is 0 Å². The third kappa shape index (κ3) is 5.52. The molecule has 0 radical (unpaired) electrons. The van der Waals surface area contributed by atoms with Crippen LogP contribution in [0.1, 0.15) is 40.5 Å². The molecule has 1 rings (SSSR count). The standard InChI is InChI=1S/C14H27N3/c1-11(2)16-14(8-15)5-6-17-9-12(3)7-13(4)10-17/h11-14,16H,5-7,9-10H2,1-4H3. The summed E-state index contributed by atoms with van der Waals surface area (Å²) in [5.41, 5.74) is 0. The van der Waals surface area contributed by atoms with Gasteiger partial charge in [-0.15, -0.1) is 0 Å². The molecule has 1 heterocycles. The van der Waals surface area contributed by atoms with E-state index in [-0.39, 0.29) is 6.04 Å². The maximum Gasteiger partial charge on any atom is 0.0967 e. The van der Waals surface area contributed by atoms with Crippen LogP contribution in [0.4, 0.5) is 0 Å². The van der Waals surface area contributed by atoms with Crippen molar-refractivity contribution in [2.24, 2.45) is 11.8 Å². The van der Waals surface area contributed by atoms with Crippen LogP contribution >= 0.6 is 0 Å². The fourth-order valence-corrected chi connectivity index (χ4v) is 2.87. The topological polar surface area (TPSA) is 39.1 Å². The number of nitrogens with zero attached hydrogens (tertiary/aromatic N) is 2. The van der Waals surface area contributed by atoms with E-state index in [1.165, 1.54) is 19.5 Å². The second kappa shape index (κ2) is 6.98. The normalized spacial score (nSPS) is 28.0. The smallest absolute Gasteiger partial charge is 0.0967 e. The molecule has 1 N–H and O–H groups in total. The van der Waals surface area contributed by atoms with Crippen molar-refractivity contribution in [2.75, 3.05) is 19.6 Å². The second-order valence-corrected chi connectivity index (χ2v) is 6.00. The average Bonchev–Trinajstić information content (AvgIpc) is 2.22. The first-order valence-corrected chi connectivity index (χ1v) is 6.89. The summed E-state index contributed by atoms with van der Waals surface area (Å²) >= 11 is 0. The first-order chi connectivity index (χ1) is 8.01. The summed E-state index contributed by atoms with van der Waals surface area (Å²) in [5.74, 6) is 1.61. The van der Waals surface area contributed by atoms with E-state index < -0.39 is 0 Å². The third-order valence-corrected chi connectivity index (χ3v) is 3.37. The van der Waals surface area contributed by atoms with E-state index in [1.54, 1.807) is 0 Å². The van der Waals surface area contributed by atoms with Crippen LogP contribution in [-0.2, 0) is 0 Å². The summed E-state index contributed by atoms with van der Waals surface area (Å²) < 4.78 is 0. The van der Waals surface area contributed by atoms with Crippen LogP contribution in [0.2, 0.25) is 0 Å². The monoisotopic (exact) mass is 237 g/mol. The van der Waals surface area contributed by atoms with Crippen molar-refractivity contribution >= 4 is 0 Å². The Hall–Kier alpha value is -0.590. The second-order valence-electron chi connectivity index (χ2n) is 6.00. The molecule has 1 fully saturated rings. The maximum atomic E-state index is 9.08. The summed E-state index contributed by atoms with van der Waals surface area (Å²) in [6.45, 7) is 12.3. The summed E-state index contributed by atoms with van der Waals surface area (Å²) in [7, 11) is 0. The number of likely N-dealkylation sites (tertiary alicyclic amines) is 1. The van der Waals surface area contributed by atoms with Crippen LogP contribution in [0, 0.1) is 23.2 Å². The largest absolute Gasteiger partial charge is 0.303 e. The van der Waals surface area contributed by atoms with Crippen LogP contribution < -0.4 is 5.32 Å². The molecular formula is C14H27N3. The van der Waals surface area contributed by atoms with E-state index >= 15 is 0 Å². The van der Waals surface area contributed by atoms with Crippen molar-refractivity contribution in [1.82, 2.24) is 10.2 Å². The summed E-state index contributed by atoms with van der Waals surface area (Å²) in [6.07, 6.45) is 2.29. The van der Waals surface area contributed by atoms with E-state index in [1.807, 2.05) is 0 Å². The quantitative estimate of drug-likeness (QED) is 0.797. The first kappa shape index (κ1) is 14.5. The van der Waals surface area contributed by atoms with Crippen molar-refractivity contribution in [3.63, 3.8) is 0 Å². The molecule has 3 unspecified atom stereocenters.